The van der Waals surface area contributed by atoms with E-state index in [0.29, 0.717) is 0 Å². The zero-order valence-electron chi connectivity index (χ0n) is 15.2. The number of thioether (sulfide) groups is 1. The van der Waals surface area contributed by atoms with E-state index in [9.17, 15) is 0 Å². The van der Waals surface area contributed by atoms with Gasteiger partial charge in [0.1, 0.15) is 0 Å². The first kappa shape index (κ1) is 17.7. The molecule has 0 bridgehead atoms. The van der Waals surface area contributed by atoms with Gasteiger partial charge in [-0.1, -0.05) is 29.8 Å². The highest BCUT2D eigenvalue weighted by Gasteiger charge is 2.27. The number of para-hydroxylation sites is 1. The summed E-state index contributed by atoms with van der Waals surface area (Å²) in [5.41, 5.74) is 3.58. The monoisotopic (exact) mass is 410 g/mol. The highest BCUT2D eigenvalue weighted by atomic mass is 35.5. The van der Waals surface area contributed by atoms with E-state index in [4.69, 9.17) is 21.1 Å². The summed E-state index contributed by atoms with van der Waals surface area (Å²) >= 11 is 8.48. The van der Waals surface area contributed by atoms with Gasteiger partial charge in [0.2, 0.25) is 6.79 Å². The quantitative estimate of drug-likeness (QED) is 0.552. The molecule has 0 aliphatic carbocycles. The van der Waals surface area contributed by atoms with E-state index in [0.717, 1.165) is 41.6 Å². The Morgan fingerprint density at radius 2 is 1.96 bits per heavy atom. The average Bonchev–Trinajstić information content (AvgIpc) is 3.10. The fourth-order valence-electron chi connectivity index (χ4n) is 3.70. The third-order valence-electron chi connectivity index (χ3n) is 5.07. The number of hydrogen-bond acceptors (Lipinski definition) is 5. The van der Waals surface area contributed by atoms with Crippen molar-refractivity contribution in [2.45, 2.75) is 23.1 Å². The van der Waals surface area contributed by atoms with Crippen LogP contribution in [0.4, 0.5) is 5.69 Å². The van der Waals surface area contributed by atoms with Crippen LogP contribution in [0.15, 0.2) is 65.8 Å². The Labute approximate surface area is 173 Å². The molecule has 3 aromatic rings. The third kappa shape index (κ3) is 3.40. The van der Waals surface area contributed by atoms with Gasteiger partial charge in [-0.25, -0.2) is 0 Å². The summed E-state index contributed by atoms with van der Waals surface area (Å²) in [6.07, 6.45) is 4.74. The van der Waals surface area contributed by atoms with Crippen LogP contribution in [0.1, 0.15) is 22.8 Å². The normalized spacial score (nSPS) is 17.9. The zero-order chi connectivity index (χ0) is 18.9. The van der Waals surface area contributed by atoms with Crippen LogP contribution in [0.25, 0.3) is 0 Å². The van der Waals surface area contributed by atoms with Gasteiger partial charge in [-0.2, -0.15) is 0 Å². The molecule has 1 unspecified atom stereocenters. The average molecular weight is 411 g/mol. The van der Waals surface area contributed by atoms with Crippen LogP contribution in [-0.4, -0.2) is 18.3 Å². The molecular formula is C22H19ClN2O2S. The molecule has 1 atom stereocenters. The molecule has 0 saturated carbocycles. The van der Waals surface area contributed by atoms with Crippen molar-refractivity contribution in [1.82, 2.24) is 4.98 Å². The van der Waals surface area contributed by atoms with Gasteiger partial charge in [-0.05, 0) is 41.8 Å². The van der Waals surface area contributed by atoms with Gasteiger partial charge >= 0.3 is 0 Å². The van der Waals surface area contributed by atoms with Gasteiger partial charge in [0, 0.05) is 46.7 Å². The molecule has 2 aliphatic heterocycles. The zero-order valence-corrected chi connectivity index (χ0v) is 16.7. The first-order chi connectivity index (χ1) is 13.8. The van der Waals surface area contributed by atoms with Crippen LogP contribution < -0.4 is 14.4 Å². The van der Waals surface area contributed by atoms with Gasteiger partial charge in [0.05, 0.1) is 5.69 Å². The SMILES string of the molecule is Clc1cc2c(cc1C1CCN(Cc3cccnc3)c3ccccc3S1)OCO2. The Kier molecular flexibility index (Phi) is 4.79. The van der Waals surface area contributed by atoms with Crippen molar-refractivity contribution in [3.05, 3.63) is 77.1 Å². The molecule has 0 saturated heterocycles. The lowest BCUT2D eigenvalue weighted by molar-refractivity contribution is 0.174. The summed E-state index contributed by atoms with van der Waals surface area (Å²) in [6.45, 7) is 2.04. The minimum absolute atomic E-state index is 0.252. The Hall–Kier alpha value is -2.37. The fourth-order valence-corrected chi connectivity index (χ4v) is 5.38. The number of benzene rings is 2. The summed E-state index contributed by atoms with van der Waals surface area (Å²) in [5.74, 6) is 1.51. The Morgan fingerprint density at radius 3 is 2.82 bits per heavy atom. The van der Waals surface area contributed by atoms with E-state index in [-0.39, 0.29) is 12.0 Å². The highest BCUT2D eigenvalue weighted by Crippen LogP contribution is 2.49. The number of halogens is 1. The second-order valence-corrected chi connectivity index (χ2v) is 8.52. The lowest BCUT2D eigenvalue weighted by Crippen LogP contribution is -2.24. The van der Waals surface area contributed by atoms with Crippen molar-refractivity contribution in [3.8, 4) is 11.5 Å². The summed E-state index contributed by atoms with van der Waals surface area (Å²) in [4.78, 5) is 7.96. The molecule has 5 rings (SSSR count). The Balaban J connectivity index is 1.47. The standard InChI is InChI=1S/C22H19ClN2O2S/c23-17-11-20-19(26-14-27-20)10-16(17)21-7-9-25(13-15-4-3-8-24-12-15)18-5-1-2-6-22(18)28-21/h1-6,8,10-12,21H,7,9,13-14H2. The van der Waals surface area contributed by atoms with Crippen LogP contribution in [-0.2, 0) is 6.54 Å². The van der Waals surface area contributed by atoms with Gasteiger partial charge in [-0.3, -0.25) is 4.98 Å². The predicted molar refractivity (Wildman–Crippen MR) is 113 cm³/mol. The smallest absolute Gasteiger partial charge is 0.231 e. The molecule has 2 aromatic carbocycles. The summed E-state index contributed by atoms with van der Waals surface area (Å²) in [7, 11) is 0. The Morgan fingerprint density at radius 1 is 1.11 bits per heavy atom. The number of aromatic nitrogens is 1. The first-order valence-electron chi connectivity index (χ1n) is 9.26. The van der Waals surface area contributed by atoms with E-state index in [1.165, 1.54) is 16.1 Å². The molecule has 1 aromatic heterocycles. The molecule has 6 heteroatoms. The molecule has 0 N–H and O–H groups in total. The largest absolute Gasteiger partial charge is 0.454 e. The van der Waals surface area contributed by atoms with Gasteiger partial charge in [-0.15, -0.1) is 11.8 Å². The second kappa shape index (κ2) is 7.57. The number of anilines is 1. The summed E-state index contributed by atoms with van der Waals surface area (Å²) in [6, 6.07) is 16.6. The Bertz CT molecular complexity index is 999. The van der Waals surface area contributed by atoms with Gasteiger partial charge < -0.3 is 14.4 Å². The van der Waals surface area contributed by atoms with Crippen LogP contribution >= 0.6 is 23.4 Å². The van der Waals surface area contributed by atoms with Crippen molar-refractivity contribution < 1.29 is 9.47 Å². The molecule has 28 heavy (non-hydrogen) atoms. The molecular weight excluding hydrogens is 392 g/mol. The molecule has 3 heterocycles. The number of hydrogen-bond donors (Lipinski definition) is 0. The molecule has 4 nitrogen and oxygen atoms in total. The molecule has 142 valence electrons. The van der Waals surface area contributed by atoms with Crippen LogP contribution in [0.5, 0.6) is 11.5 Å². The number of pyridine rings is 1. The van der Waals surface area contributed by atoms with Crippen molar-refractivity contribution in [2.24, 2.45) is 0 Å². The van der Waals surface area contributed by atoms with E-state index in [1.807, 2.05) is 42.4 Å². The second-order valence-electron chi connectivity index (χ2n) is 6.87. The number of fused-ring (bicyclic) bond motifs is 2. The summed E-state index contributed by atoms with van der Waals surface area (Å²) in [5, 5.41) is 0.988. The van der Waals surface area contributed by atoms with Crippen molar-refractivity contribution >= 4 is 29.1 Å². The number of ether oxygens (including phenoxy) is 2. The van der Waals surface area contributed by atoms with E-state index in [1.54, 1.807) is 0 Å². The van der Waals surface area contributed by atoms with Gasteiger partial charge in [0.25, 0.3) is 0 Å². The summed E-state index contributed by atoms with van der Waals surface area (Å²) < 4.78 is 11.0. The third-order valence-corrected chi connectivity index (χ3v) is 6.77. The van der Waals surface area contributed by atoms with Crippen molar-refractivity contribution in [2.75, 3.05) is 18.2 Å². The molecule has 0 spiro atoms. The van der Waals surface area contributed by atoms with Crippen LogP contribution in [0.2, 0.25) is 5.02 Å². The lowest BCUT2D eigenvalue weighted by Gasteiger charge is -2.24. The maximum atomic E-state index is 6.62. The van der Waals surface area contributed by atoms with Crippen molar-refractivity contribution in [3.63, 3.8) is 0 Å². The minimum atomic E-state index is 0.252. The number of rotatable bonds is 3. The molecule has 0 radical (unpaired) electrons. The van der Waals surface area contributed by atoms with E-state index in [2.05, 4.69) is 40.2 Å². The highest BCUT2D eigenvalue weighted by molar-refractivity contribution is 7.99. The predicted octanol–water partition coefficient (Wildman–Crippen LogP) is 5.71. The van der Waals surface area contributed by atoms with Gasteiger partial charge in [0.15, 0.2) is 11.5 Å². The maximum absolute atomic E-state index is 6.62. The fraction of sp³-hybridized carbons (Fsp3) is 0.227. The van der Waals surface area contributed by atoms with Crippen LogP contribution in [0.3, 0.4) is 0 Å². The topological polar surface area (TPSA) is 34.6 Å². The lowest BCUT2D eigenvalue weighted by atomic mass is 10.1. The van der Waals surface area contributed by atoms with Crippen molar-refractivity contribution in [1.29, 1.82) is 0 Å². The van der Waals surface area contributed by atoms with E-state index >= 15 is 0 Å². The number of nitrogens with zero attached hydrogens (tertiary/aromatic N) is 2. The first-order valence-corrected chi connectivity index (χ1v) is 10.5. The molecule has 0 amide bonds. The molecule has 0 fully saturated rings. The molecule has 2 aliphatic rings. The van der Waals surface area contributed by atoms with Crippen LogP contribution in [0, 0.1) is 0 Å². The minimum Gasteiger partial charge on any atom is -0.454 e. The maximum Gasteiger partial charge on any atom is 0.231 e. The van der Waals surface area contributed by atoms with E-state index < -0.39 is 0 Å².